The van der Waals surface area contributed by atoms with Crippen molar-refractivity contribution in [2.45, 2.75) is 161 Å². The number of unbranched alkanes of at least 4 members (excludes halogenated alkanes) is 8. The van der Waals surface area contributed by atoms with Gasteiger partial charge in [-0.2, -0.15) is 0 Å². The highest BCUT2D eigenvalue weighted by atomic mass is 32.1. The van der Waals surface area contributed by atoms with E-state index >= 15 is 0 Å². The summed E-state index contributed by atoms with van der Waals surface area (Å²) in [6.07, 6.45) is 13.8. The highest BCUT2D eigenvalue weighted by molar-refractivity contribution is 7.10. The number of hydrogen-bond acceptors (Lipinski definition) is 11. The molecule has 1 saturated heterocycles. The number of nitrogens with zero attached hydrogens (tertiary/aromatic N) is 3. The van der Waals surface area contributed by atoms with Crippen molar-refractivity contribution in [1.29, 1.82) is 0 Å². The molecular weight excluding hydrogens is 975 g/mol. The summed E-state index contributed by atoms with van der Waals surface area (Å²) in [6, 6.07) is 18.6. The first-order valence-electron chi connectivity index (χ1n) is 26.6. The first-order valence-corrected chi connectivity index (χ1v) is 27.4. The first-order chi connectivity index (χ1) is 36.0. The van der Waals surface area contributed by atoms with Gasteiger partial charge in [0.25, 0.3) is 5.91 Å². The van der Waals surface area contributed by atoms with Crippen LogP contribution in [0.1, 0.15) is 174 Å². The van der Waals surface area contributed by atoms with E-state index < -0.39 is 35.8 Å². The zero-order chi connectivity index (χ0) is 53.9. The summed E-state index contributed by atoms with van der Waals surface area (Å²) in [5.74, 6) is -0.784. The third-order valence-corrected chi connectivity index (χ3v) is 14.6. The fourth-order valence-corrected chi connectivity index (χ4v) is 10.3. The number of amides is 6. The van der Waals surface area contributed by atoms with Crippen LogP contribution in [-0.4, -0.2) is 99.4 Å². The van der Waals surface area contributed by atoms with E-state index in [2.05, 4.69) is 21.3 Å². The van der Waals surface area contributed by atoms with Crippen LogP contribution in [0.15, 0.2) is 78.2 Å². The van der Waals surface area contributed by atoms with Crippen molar-refractivity contribution in [3.8, 4) is 5.75 Å². The Balaban J connectivity index is 0.840. The summed E-state index contributed by atoms with van der Waals surface area (Å²) in [7, 11) is 1.34. The van der Waals surface area contributed by atoms with Gasteiger partial charge in [0.05, 0.1) is 24.0 Å². The molecule has 2 fully saturated rings. The zero-order valence-corrected chi connectivity index (χ0v) is 44.9. The molecule has 0 spiro atoms. The van der Waals surface area contributed by atoms with Crippen molar-refractivity contribution in [1.82, 2.24) is 20.1 Å². The fourth-order valence-electron chi connectivity index (χ4n) is 9.40. The number of carbonyl (C=O) groups is 7. The molecule has 2 aliphatic rings. The molecule has 5 N–H and O–H groups in total. The van der Waals surface area contributed by atoms with E-state index in [4.69, 9.17) is 14.5 Å². The van der Waals surface area contributed by atoms with Gasteiger partial charge < -0.3 is 35.4 Å². The highest BCUT2D eigenvalue weighted by Gasteiger charge is 2.41. The maximum Gasteiger partial charge on any atom is 0.412 e. The number of likely N-dealkylation sites (tertiary alicyclic amines) is 1. The summed E-state index contributed by atoms with van der Waals surface area (Å²) in [6.45, 7) is 7.86. The van der Waals surface area contributed by atoms with Gasteiger partial charge >= 0.3 is 12.2 Å². The maximum atomic E-state index is 14.3. The van der Waals surface area contributed by atoms with Gasteiger partial charge in [0.1, 0.15) is 34.1 Å². The van der Waals surface area contributed by atoms with E-state index in [1.54, 1.807) is 97.8 Å². The Morgan fingerprint density at radius 1 is 0.773 bits per heavy atom. The highest BCUT2D eigenvalue weighted by Crippen LogP contribution is 2.37. The van der Waals surface area contributed by atoms with Crippen molar-refractivity contribution in [3.63, 3.8) is 0 Å². The summed E-state index contributed by atoms with van der Waals surface area (Å²) >= 11 is 1.35. The number of carbonyl (C=O) groups excluding carboxylic acids is 6. The van der Waals surface area contributed by atoms with Crippen LogP contribution in [0, 0.1) is 5.92 Å². The Morgan fingerprint density at radius 2 is 1.43 bits per heavy atom. The summed E-state index contributed by atoms with van der Waals surface area (Å²) < 4.78 is 11.4. The van der Waals surface area contributed by atoms with Gasteiger partial charge in [-0.1, -0.05) is 88.5 Å². The Kier molecular flexibility index (Phi) is 21.6. The predicted molar refractivity (Wildman–Crippen MR) is 290 cm³/mol. The SMILES string of the molecule is CC(C(=O)NC(C(=O)N1CCC[C@H]1c1nc(C(=O)c2cccc(OCCCCCCCCCCCC(=O)Nc3ccc(C(=O)Nc4ccccc4NC(=O)OC(C)(C)C)cc3)c2)cs1)C1CCCCC1)N(C)C(=O)O. The number of ether oxygens (including phenoxy) is 2. The van der Waals surface area contributed by atoms with Gasteiger partial charge in [-0.05, 0) is 121 Å². The minimum atomic E-state index is -1.22. The molecule has 3 atom stereocenters. The van der Waals surface area contributed by atoms with Gasteiger partial charge in [0.2, 0.25) is 23.5 Å². The van der Waals surface area contributed by atoms with Crippen molar-refractivity contribution in [3.05, 3.63) is 100 Å². The molecule has 6 rings (SSSR count). The second kappa shape index (κ2) is 28.2. The summed E-state index contributed by atoms with van der Waals surface area (Å²) in [4.78, 5) is 98.2. The van der Waals surface area contributed by atoms with E-state index in [1.807, 2.05) is 6.07 Å². The molecule has 18 heteroatoms. The molecule has 0 radical (unpaired) electrons. The molecule has 4 aromatic rings. The van der Waals surface area contributed by atoms with E-state index in [0.717, 1.165) is 101 Å². The second-order valence-electron chi connectivity index (χ2n) is 20.6. The lowest BCUT2D eigenvalue weighted by Gasteiger charge is -2.35. The Labute approximate surface area is 444 Å². The van der Waals surface area contributed by atoms with Crippen LogP contribution in [0.4, 0.5) is 26.7 Å². The van der Waals surface area contributed by atoms with Crippen LogP contribution in [0.2, 0.25) is 0 Å². The van der Waals surface area contributed by atoms with Crippen LogP contribution in [-0.2, 0) is 19.1 Å². The van der Waals surface area contributed by atoms with Crippen LogP contribution in [0.3, 0.4) is 0 Å². The molecule has 1 saturated carbocycles. The van der Waals surface area contributed by atoms with Crippen molar-refractivity contribution >= 4 is 70.0 Å². The van der Waals surface area contributed by atoms with Gasteiger partial charge in [-0.25, -0.2) is 14.6 Å². The normalized spacial score (nSPS) is 15.5. The Bertz CT molecular complexity index is 2570. The number of ketones is 1. The molecule has 0 bridgehead atoms. The number of nitrogens with one attached hydrogen (secondary N) is 4. The minimum Gasteiger partial charge on any atom is -0.494 e. The van der Waals surface area contributed by atoms with E-state index in [1.165, 1.54) is 25.3 Å². The van der Waals surface area contributed by atoms with Gasteiger partial charge in [-0.3, -0.25) is 34.2 Å². The topological polar surface area (TPSA) is 226 Å². The molecule has 1 aliphatic carbocycles. The van der Waals surface area contributed by atoms with Crippen LogP contribution < -0.4 is 26.0 Å². The smallest absolute Gasteiger partial charge is 0.412 e. The molecule has 2 heterocycles. The zero-order valence-electron chi connectivity index (χ0n) is 44.1. The molecule has 3 aromatic carbocycles. The second-order valence-corrected chi connectivity index (χ2v) is 21.5. The van der Waals surface area contributed by atoms with Crippen LogP contribution in [0.5, 0.6) is 5.75 Å². The fraction of sp³-hybridized carbons (Fsp3) is 0.509. The van der Waals surface area contributed by atoms with Crippen LogP contribution in [0.25, 0.3) is 0 Å². The largest absolute Gasteiger partial charge is 0.494 e. The number of para-hydroxylation sites is 2. The first kappa shape index (κ1) is 57.5. The number of rotatable bonds is 25. The molecule has 2 unspecified atom stereocenters. The van der Waals surface area contributed by atoms with E-state index in [9.17, 15) is 38.7 Å². The van der Waals surface area contributed by atoms with E-state index in [0.29, 0.717) is 70.6 Å². The van der Waals surface area contributed by atoms with Crippen molar-refractivity contribution in [2.24, 2.45) is 5.92 Å². The number of likely N-dealkylation sites (N-methyl/N-ethyl adjacent to an activating group) is 1. The standard InChI is InChI=1S/C57H75N7O10S/c1-38(63(5)56(71)72)51(67)62-49(39-22-14-13-15-23-39)54(69)64-34-21-28-47(64)53-60-46(37-75-53)50(66)41-24-20-25-43(36-41)73-35-19-12-10-8-6-7-9-11-16-29-48(65)58-42-32-30-40(31-33-42)52(68)59-44-26-17-18-27-45(44)61-55(70)74-57(2,3)4/h17-18,20,24-27,30-33,36-39,47,49H,6-16,19,21-23,28-29,34-35H2,1-5H3,(H,58,65)(H,59,68)(H,61,70)(H,62,67)(H,71,72)/t38?,47-,49?/m0/s1. The quantitative estimate of drug-likeness (QED) is 0.0310. The van der Waals surface area contributed by atoms with Crippen molar-refractivity contribution in [2.75, 3.05) is 36.1 Å². The monoisotopic (exact) mass is 1050 g/mol. The van der Waals surface area contributed by atoms with E-state index in [-0.39, 0.29) is 35.5 Å². The molecule has 404 valence electrons. The third kappa shape index (κ3) is 17.6. The lowest BCUT2D eigenvalue weighted by Crippen LogP contribution is -2.56. The van der Waals surface area contributed by atoms with Gasteiger partial charge in [0, 0.05) is 42.2 Å². The summed E-state index contributed by atoms with van der Waals surface area (Å²) in [5.41, 5.74) is 1.94. The molecule has 1 aliphatic heterocycles. The number of hydrogen-bond donors (Lipinski definition) is 5. The van der Waals surface area contributed by atoms with Crippen molar-refractivity contribution < 1.29 is 48.1 Å². The Hall–Kier alpha value is -6.82. The molecule has 75 heavy (non-hydrogen) atoms. The predicted octanol–water partition coefficient (Wildman–Crippen LogP) is 11.6. The third-order valence-electron chi connectivity index (χ3n) is 13.7. The minimum absolute atomic E-state index is 0.0485. The number of aromatic nitrogens is 1. The number of carboxylic acid groups (broad SMARTS) is 1. The molecule has 6 amide bonds. The van der Waals surface area contributed by atoms with Gasteiger partial charge in [0.15, 0.2) is 0 Å². The summed E-state index contributed by atoms with van der Waals surface area (Å²) in [5, 5.41) is 23.2. The lowest BCUT2D eigenvalue weighted by atomic mass is 9.83. The van der Waals surface area contributed by atoms with Crippen LogP contribution >= 0.6 is 11.3 Å². The maximum absolute atomic E-state index is 14.3. The number of benzene rings is 3. The average molecular weight is 1050 g/mol. The lowest BCUT2D eigenvalue weighted by molar-refractivity contribution is -0.140. The van der Waals surface area contributed by atoms with Gasteiger partial charge in [-0.15, -0.1) is 11.3 Å². The molecule has 17 nitrogen and oxygen atoms in total. The average Bonchev–Trinajstić information content (AvgIpc) is 4.09. The molecule has 1 aromatic heterocycles. The number of thiazole rings is 1. The number of anilines is 3. The Morgan fingerprint density at radius 3 is 2.09 bits per heavy atom. The molecular formula is C57H75N7O10S.